The Morgan fingerprint density at radius 3 is 2.70 bits per heavy atom. The third kappa shape index (κ3) is 2.76. The first kappa shape index (κ1) is 14.7. The molecule has 0 aliphatic carbocycles. The molecule has 0 aliphatic rings. The first-order valence-corrected chi connectivity index (χ1v) is 6.70. The van der Waals surface area contributed by atoms with Gasteiger partial charge in [0.1, 0.15) is 5.82 Å². The number of fused-ring (bicyclic) bond motifs is 1. The molecule has 7 heteroatoms. The second kappa shape index (κ2) is 5.53. The largest absolute Gasteiger partial charge is 0.478 e. The smallest absolute Gasteiger partial charge is 0.335 e. The fourth-order valence-electron chi connectivity index (χ4n) is 2.40. The molecular formula is C16H11FN2O4. The highest BCUT2D eigenvalue weighted by Gasteiger charge is 2.10. The molecule has 0 bridgehead atoms. The second-order valence-corrected chi connectivity index (χ2v) is 5.01. The number of carboxylic acids is 1. The van der Waals surface area contributed by atoms with Crippen molar-refractivity contribution in [3.8, 4) is 0 Å². The van der Waals surface area contributed by atoms with Gasteiger partial charge in [0.25, 0.3) is 5.56 Å². The Bertz CT molecular complexity index is 1040. The van der Waals surface area contributed by atoms with Crippen LogP contribution in [0.4, 0.5) is 4.39 Å². The molecule has 0 atom stereocenters. The Kier molecular flexibility index (Phi) is 3.53. The van der Waals surface area contributed by atoms with Gasteiger partial charge in [-0.1, -0.05) is 12.1 Å². The zero-order valence-corrected chi connectivity index (χ0v) is 11.7. The van der Waals surface area contributed by atoms with E-state index in [-0.39, 0.29) is 23.0 Å². The van der Waals surface area contributed by atoms with Crippen LogP contribution in [0, 0.1) is 5.82 Å². The van der Waals surface area contributed by atoms with Crippen LogP contribution in [0.15, 0.2) is 52.1 Å². The van der Waals surface area contributed by atoms with Gasteiger partial charge < -0.3 is 5.11 Å². The Morgan fingerprint density at radius 1 is 1.17 bits per heavy atom. The minimum atomic E-state index is -1.09. The van der Waals surface area contributed by atoms with E-state index in [0.717, 1.165) is 12.1 Å². The lowest BCUT2D eigenvalue weighted by atomic mass is 10.1. The number of nitrogens with one attached hydrogen (secondary N) is 1. The summed E-state index contributed by atoms with van der Waals surface area (Å²) in [4.78, 5) is 37.0. The maximum Gasteiger partial charge on any atom is 0.335 e. The van der Waals surface area contributed by atoms with Crippen LogP contribution in [0.3, 0.4) is 0 Å². The quantitative estimate of drug-likeness (QED) is 0.767. The van der Waals surface area contributed by atoms with Crippen molar-refractivity contribution >= 4 is 16.9 Å². The molecule has 2 aromatic carbocycles. The van der Waals surface area contributed by atoms with Crippen molar-refractivity contribution < 1.29 is 14.3 Å². The molecule has 0 spiro atoms. The SMILES string of the molecule is O=C(O)c1cccc(Cn2c(=O)[nH]c(=O)c3ccc(F)cc32)c1. The number of rotatable bonds is 3. The van der Waals surface area contributed by atoms with Crippen molar-refractivity contribution in [1.29, 1.82) is 0 Å². The van der Waals surface area contributed by atoms with Crippen LogP contribution in [-0.2, 0) is 6.54 Å². The molecule has 3 rings (SSSR count). The summed E-state index contributed by atoms with van der Waals surface area (Å²) in [5, 5.41) is 9.19. The molecule has 116 valence electrons. The summed E-state index contributed by atoms with van der Waals surface area (Å²) in [5.74, 6) is -1.66. The summed E-state index contributed by atoms with van der Waals surface area (Å²) in [7, 11) is 0. The average molecular weight is 314 g/mol. The third-order valence-electron chi connectivity index (χ3n) is 3.48. The summed E-state index contributed by atoms with van der Waals surface area (Å²) in [5.41, 5.74) is -0.506. The van der Waals surface area contributed by atoms with Gasteiger partial charge in [0.05, 0.1) is 23.0 Å². The molecule has 0 amide bonds. The van der Waals surface area contributed by atoms with E-state index < -0.39 is 23.0 Å². The van der Waals surface area contributed by atoms with E-state index in [9.17, 15) is 18.8 Å². The summed E-state index contributed by atoms with van der Waals surface area (Å²) < 4.78 is 14.7. The summed E-state index contributed by atoms with van der Waals surface area (Å²) in [6.45, 7) is 0.0106. The molecule has 0 fully saturated rings. The van der Waals surface area contributed by atoms with E-state index in [2.05, 4.69) is 4.98 Å². The lowest BCUT2D eigenvalue weighted by Gasteiger charge is -2.10. The van der Waals surface area contributed by atoms with Gasteiger partial charge in [0.2, 0.25) is 0 Å². The molecule has 6 nitrogen and oxygen atoms in total. The highest BCUT2D eigenvalue weighted by Crippen LogP contribution is 2.13. The topological polar surface area (TPSA) is 92.2 Å². The molecule has 1 aromatic heterocycles. The fourth-order valence-corrected chi connectivity index (χ4v) is 2.40. The monoisotopic (exact) mass is 314 g/mol. The summed E-state index contributed by atoms with van der Waals surface area (Å²) >= 11 is 0. The summed E-state index contributed by atoms with van der Waals surface area (Å²) in [6, 6.07) is 9.59. The Hall–Kier alpha value is -3.22. The van der Waals surface area contributed by atoms with Crippen molar-refractivity contribution in [2.24, 2.45) is 0 Å². The molecule has 0 aliphatic heterocycles. The second-order valence-electron chi connectivity index (χ2n) is 5.01. The van der Waals surface area contributed by atoms with Crippen LogP contribution >= 0.6 is 0 Å². The molecule has 0 radical (unpaired) electrons. The summed E-state index contributed by atoms with van der Waals surface area (Å²) in [6.07, 6.45) is 0. The number of benzene rings is 2. The lowest BCUT2D eigenvalue weighted by molar-refractivity contribution is 0.0696. The van der Waals surface area contributed by atoms with Crippen LogP contribution in [0.2, 0.25) is 0 Å². The van der Waals surface area contributed by atoms with Crippen molar-refractivity contribution in [3.63, 3.8) is 0 Å². The molecule has 0 unspecified atom stereocenters. The lowest BCUT2D eigenvalue weighted by Crippen LogP contribution is -2.30. The van der Waals surface area contributed by atoms with E-state index in [1.165, 1.54) is 22.8 Å². The van der Waals surface area contributed by atoms with E-state index in [1.807, 2.05) is 0 Å². The Balaban J connectivity index is 2.19. The van der Waals surface area contributed by atoms with E-state index in [4.69, 9.17) is 5.11 Å². The van der Waals surface area contributed by atoms with Crippen LogP contribution in [0.1, 0.15) is 15.9 Å². The van der Waals surface area contributed by atoms with Gasteiger partial charge in [0, 0.05) is 0 Å². The van der Waals surface area contributed by atoms with Crippen LogP contribution in [-0.4, -0.2) is 20.6 Å². The van der Waals surface area contributed by atoms with Crippen molar-refractivity contribution in [2.75, 3.05) is 0 Å². The molecule has 1 heterocycles. The third-order valence-corrected chi connectivity index (χ3v) is 3.48. The molecule has 0 saturated carbocycles. The van der Waals surface area contributed by atoms with Crippen molar-refractivity contribution in [2.45, 2.75) is 6.54 Å². The number of carbonyl (C=O) groups is 1. The maximum atomic E-state index is 13.5. The molecular weight excluding hydrogens is 303 g/mol. The predicted molar refractivity (Wildman–Crippen MR) is 81.3 cm³/mol. The highest BCUT2D eigenvalue weighted by atomic mass is 19.1. The minimum Gasteiger partial charge on any atom is -0.478 e. The van der Waals surface area contributed by atoms with E-state index in [1.54, 1.807) is 12.1 Å². The number of hydrogen-bond donors (Lipinski definition) is 2. The minimum absolute atomic E-state index is 0.0106. The van der Waals surface area contributed by atoms with E-state index >= 15 is 0 Å². The molecule has 0 saturated heterocycles. The number of aromatic amines is 1. The molecule has 3 aromatic rings. The average Bonchev–Trinajstić information content (AvgIpc) is 2.51. The number of carboxylic acid groups (broad SMARTS) is 1. The number of aromatic carboxylic acids is 1. The van der Waals surface area contributed by atoms with Crippen molar-refractivity contribution in [3.05, 3.63) is 80.2 Å². The van der Waals surface area contributed by atoms with Gasteiger partial charge in [-0.05, 0) is 35.9 Å². The normalized spacial score (nSPS) is 10.8. The van der Waals surface area contributed by atoms with Crippen LogP contribution in [0.5, 0.6) is 0 Å². The zero-order valence-electron chi connectivity index (χ0n) is 11.7. The Labute approximate surface area is 128 Å². The standard InChI is InChI=1S/C16H11FN2O4/c17-11-4-5-12-13(7-11)19(16(23)18-14(12)20)8-9-2-1-3-10(6-9)15(21)22/h1-7H,8H2,(H,21,22)(H,18,20,23). The van der Waals surface area contributed by atoms with Crippen molar-refractivity contribution in [1.82, 2.24) is 9.55 Å². The number of aromatic nitrogens is 2. The van der Waals surface area contributed by atoms with Gasteiger partial charge in [-0.15, -0.1) is 0 Å². The molecule has 23 heavy (non-hydrogen) atoms. The van der Waals surface area contributed by atoms with Crippen LogP contribution in [0.25, 0.3) is 10.9 Å². The van der Waals surface area contributed by atoms with Gasteiger partial charge in [0.15, 0.2) is 0 Å². The number of H-pyrrole nitrogens is 1. The molecule has 2 N–H and O–H groups in total. The Morgan fingerprint density at radius 2 is 1.96 bits per heavy atom. The predicted octanol–water partition coefficient (Wildman–Crippen LogP) is 1.58. The zero-order chi connectivity index (χ0) is 16.6. The van der Waals surface area contributed by atoms with Gasteiger partial charge in [-0.2, -0.15) is 0 Å². The van der Waals surface area contributed by atoms with Gasteiger partial charge >= 0.3 is 11.7 Å². The number of nitrogens with zero attached hydrogens (tertiary/aromatic N) is 1. The first-order chi connectivity index (χ1) is 11.0. The van der Waals surface area contributed by atoms with Gasteiger partial charge in [-0.3, -0.25) is 14.3 Å². The highest BCUT2D eigenvalue weighted by molar-refractivity contribution is 5.87. The fraction of sp³-hybridized carbons (Fsp3) is 0.0625. The number of halogens is 1. The van der Waals surface area contributed by atoms with Crippen LogP contribution < -0.4 is 11.2 Å². The maximum absolute atomic E-state index is 13.5. The van der Waals surface area contributed by atoms with Gasteiger partial charge in [-0.25, -0.2) is 14.0 Å². The first-order valence-electron chi connectivity index (χ1n) is 6.70. The van der Waals surface area contributed by atoms with E-state index in [0.29, 0.717) is 5.56 Å². The number of hydrogen-bond acceptors (Lipinski definition) is 3.